The monoisotopic (exact) mass is 301 g/mol. The maximum absolute atomic E-state index is 12.6. The molecule has 1 amide bonds. The molecule has 0 saturated heterocycles. The fourth-order valence-electron chi connectivity index (χ4n) is 2.30. The molecule has 3 rings (SSSR count). The lowest BCUT2D eigenvalue weighted by atomic mass is 9.97. The van der Waals surface area contributed by atoms with Crippen LogP contribution in [0.5, 0.6) is 5.75 Å². The first-order valence-electron chi connectivity index (χ1n) is 6.42. The van der Waals surface area contributed by atoms with E-state index in [0.29, 0.717) is 27.5 Å². The van der Waals surface area contributed by atoms with E-state index in [4.69, 9.17) is 16.3 Å². The summed E-state index contributed by atoms with van der Waals surface area (Å²) in [5.74, 6) is 0.0669. The molecule has 0 unspecified atom stereocenters. The molecule has 5 heteroatoms. The minimum absolute atomic E-state index is 0.167. The van der Waals surface area contributed by atoms with E-state index in [-0.39, 0.29) is 18.3 Å². The lowest BCUT2D eigenvalue weighted by Gasteiger charge is -2.06. The fraction of sp³-hybridized carbons (Fsp3) is 0.125. The molecule has 1 heterocycles. The summed E-state index contributed by atoms with van der Waals surface area (Å²) < 4.78 is 5.65. The zero-order valence-electron chi connectivity index (χ0n) is 11.3. The van der Waals surface area contributed by atoms with Crippen molar-refractivity contribution in [3.8, 4) is 5.75 Å². The van der Waals surface area contributed by atoms with Crippen LogP contribution in [0, 0.1) is 0 Å². The molecule has 21 heavy (non-hydrogen) atoms. The average Bonchev–Trinajstić information content (AvgIpc) is 2.63. The third-order valence-corrected chi connectivity index (χ3v) is 3.65. The first-order valence-corrected chi connectivity index (χ1v) is 6.80. The summed E-state index contributed by atoms with van der Waals surface area (Å²) in [6, 6.07) is 9.93. The second-order valence-corrected chi connectivity index (χ2v) is 5.15. The van der Waals surface area contributed by atoms with Crippen molar-refractivity contribution in [1.29, 1.82) is 0 Å². The van der Waals surface area contributed by atoms with E-state index in [1.807, 2.05) is 0 Å². The summed E-state index contributed by atoms with van der Waals surface area (Å²) in [7, 11) is 1.55. The van der Waals surface area contributed by atoms with E-state index < -0.39 is 0 Å². The number of halogens is 1. The Morgan fingerprint density at radius 2 is 2.00 bits per heavy atom. The highest BCUT2D eigenvalue weighted by molar-refractivity contribution is 6.31. The first-order chi connectivity index (χ1) is 10.1. The smallest absolute Gasteiger partial charge is 0.251 e. The number of rotatable bonds is 1. The van der Waals surface area contributed by atoms with Crippen LogP contribution >= 0.6 is 11.6 Å². The van der Waals surface area contributed by atoms with E-state index >= 15 is 0 Å². The number of benzene rings is 2. The van der Waals surface area contributed by atoms with Crippen molar-refractivity contribution in [1.82, 2.24) is 5.32 Å². The molecule has 0 atom stereocenters. The van der Waals surface area contributed by atoms with E-state index in [1.165, 1.54) is 0 Å². The van der Waals surface area contributed by atoms with Crippen LogP contribution in [0.25, 0.3) is 0 Å². The Morgan fingerprint density at radius 3 is 2.76 bits per heavy atom. The van der Waals surface area contributed by atoms with Gasteiger partial charge in [-0.15, -0.1) is 0 Å². The molecular formula is C16H12ClNO3. The van der Waals surface area contributed by atoms with Crippen LogP contribution in [0.1, 0.15) is 31.8 Å². The van der Waals surface area contributed by atoms with Crippen LogP contribution in [-0.2, 0) is 6.61 Å². The van der Waals surface area contributed by atoms with Gasteiger partial charge < -0.3 is 10.1 Å². The molecule has 2 aromatic carbocycles. The lowest BCUT2D eigenvalue weighted by Crippen LogP contribution is -2.18. The van der Waals surface area contributed by atoms with Gasteiger partial charge in [0, 0.05) is 28.8 Å². The summed E-state index contributed by atoms with van der Waals surface area (Å²) in [6.07, 6.45) is 0. The molecule has 4 nitrogen and oxygen atoms in total. The van der Waals surface area contributed by atoms with Gasteiger partial charge in [0.1, 0.15) is 12.4 Å². The van der Waals surface area contributed by atoms with E-state index in [0.717, 1.165) is 5.56 Å². The molecule has 0 spiro atoms. The quantitative estimate of drug-likeness (QED) is 0.881. The predicted octanol–water partition coefficient (Wildman–Crippen LogP) is 2.82. The van der Waals surface area contributed by atoms with Gasteiger partial charge in [-0.3, -0.25) is 9.59 Å². The molecular weight excluding hydrogens is 290 g/mol. The topological polar surface area (TPSA) is 55.4 Å². The Bertz CT molecular complexity index is 755. The van der Waals surface area contributed by atoms with Crippen molar-refractivity contribution in [3.05, 3.63) is 63.7 Å². The largest absolute Gasteiger partial charge is 0.488 e. The summed E-state index contributed by atoms with van der Waals surface area (Å²) in [5, 5.41) is 3.06. The molecule has 0 fully saturated rings. The standard InChI is InChI=1S/C16H12ClNO3/c1-18-16(20)9-2-3-10-8-21-14-7-11(17)4-5-12(14)15(19)13(10)6-9/h2-7H,8H2,1H3,(H,18,20). The Labute approximate surface area is 126 Å². The summed E-state index contributed by atoms with van der Waals surface area (Å²) in [5.41, 5.74) is 2.13. The van der Waals surface area contributed by atoms with Gasteiger partial charge in [0.15, 0.2) is 5.78 Å². The van der Waals surface area contributed by atoms with Gasteiger partial charge in [-0.1, -0.05) is 17.7 Å². The van der Waals surface area contributed by atoms with Crippen molar-refractivity contribution in [3.63, 3.8) is 0 Å². The summed E-state index contributed by atoms with van der Waals surface area (Å²) in [4.78, 5) is 24.4. The van der Waals surface area contributed by atoms with Crippen LogP contribution in [-0.4, -0.2) is 18.7 Å². The van der Waals surface area contributed by atoms with Crippen molar-refractivity contribution in [2.24, 2.45) is 0 Å². The third-order valence-electron chi connectivity index (χ3n) is 3.42. The number of ketones is 1. The number of hydrogen-bond acceptors (Lipinski definition) is 3. The molecule has 0 radical (unpaired) electrons. The Balaban J connectivity index is 2.13. The summed E-state index contributed by atoms with van der Waals surface area (Å²) >= 11 is 5.93. The number of nitrogens with one attached hydrogen (secondary N) is 1. The minimum atomic E-state index is -0.230. The zero-order chi connectivity index (χ0) is 15.0. The van der Waals surface area contributed by atoms with E-state index in [2.05, 4.69) is 5.32 Å². The number of fused-ring (bicyclic) bond motifs is 2. The lowest BCUT2D eigenvalue weighted by molar-refractivity contribution is 0.0963. The molecule has 106 valence electrons. The van der Waals surface area contributed by atoms with E-state index in [9.17, 15) is 9.59 Å². The minimum Gasteiger partial charge on any atom is -0.488 e. The van der Waals surface area contributed by atoms with Gasteiger partial charge in [-0.05, 0) is 30.3 Å². The second kappa shape index (κ2) is 5.22. The van der Waals surface area contributed by atoms with Gasteiger partial charge in [0.25, 0.3) is 5.91 Å². The second-order valence-electron chi connectivity index (χ2n) is 4.71. The zero-order valence-corrected chi connectivity index (χ0v) is 12.0. The number of carbonyl (C=O) groups is 2. The molecule has 1 aliphatic heterocycles. The normalized spacial score (nSPS) is 12.8. The van der Waals surface area contributed by atoms with Crippen LogP contribution in [0.15, 0.2) is 36.4 Å². The fourth-order valence-corrected chi connectivity index (χ4v) is 2.47. The van der Waals surface area contributed by atoms with Crippen LogP contribution in [0.2, 0.25) is 5.02 Å². The Kier molecular flexibility index (Phi) is 3.39. The number of amides is 1. The van der Waals surface area contributed by atoms with Crippen molar-refractivity contribution in [2.45, 2.75) is 6.61 Å². The molecule has 1 aliphatic rings. The first kappa shape index (κ1) is 13.6. The molecule has 0 aliphatic carbocycles. The molecule has 2 aromatic rings. The molecule has 0 aromatic heterocycles. The average molecular weight is 302 g/mol. The van der Waals surface area contributed by atoms with Crippen molar-refractivity contribution >= 4 is 23.3 Å². The highest BCUT2D eigenvalue weighted by Crippen LogP contribution is 2.31. The summed E-state index contributed by atoms with van der Waals surface area (Å²) in [6.45, 7) is 0.266. The van der Waals surface area contributed by atoms with Crippen LogP contribution in [0.3, 0.4) is 0 Å². The number of hydrogen-bond donors (Lipinski definition) is 1. The number of carbonyl (C=O) groups excluding carboxylic acids is 2. The molecule has 0 saturated carbocycles. The number of ether oxygens (including phenoxy) is 1. The van der Waals surface area contributed by atoms with Gasteiger partial charge >= 0.3 is 0 Å². The third kappa shape index (κ3) is 2.38. The SMILES string of the molecule is CNC(=O)c1ccc2c(c1)C(=O)c1ccc(Cl)cc1OC2. The Morgan fingerprint density at radius 1 is 1.19 bits per heavy atom. The van der Waals surface area contributed by atoms with Crippen molar-refractivity contribution < 1.29 is 14.3 Å². The van der Waals surface area contributed by atoms with Gasteiger partial charge in [-0.2, -0.15) is 0 Å². The molecule has 0 bridgehead atoms. The highest BCUT2D eigenvalue weighted by Gasteiger charge is 2.23. The van der Waals surface area contributed by atoms with Crippen LogP contribution in [0.4, 0.5) is 0 Å². The van der Waals surface area contributed by atoms with E-state index in [1.54, 1.807) is 43.4 Å². The Hall–Kier alpha value is -2.33. The highest BCUT2D eigenvalue weighted by atomic mass is 35.5. The maximum Gasteiger partial charge on any atom is 0.251 e. The van der Waals surface area contributed by atoms with Gasteiger partial charge in [0.2, 0.25) is 0 Å². The van der Waals surface area contributed by atoms with Gasteiger partial charge in [0.05, 0.1) is 5.56 Å². The maximum atomic E-state index is 12.6. The molecule has 1 N–H and O–H groups in total. The predicted molar refractivity (Wildman–Crippen MR) is 79.0 cm³/mol. The van der Waals surface area contributed by atoms with Gasteiger partial charge in [-0.25, -0.2) is 0 Å². The van der Waals surface area contributed by atoms with Crippen LogP contribution < -0.4 is 10.1 Å². The van der Waals surface area contributed by atoms with Crippen molar-refractivity contribution in [2.75, 3.05) is 7.05 Å².